The van der Waals surface area contributed by atoms with E-state index in [0.29, 0.717) is 5.75 Å². The summed E-state index contributed by atoms with van der Waals surface area (Å²) in [6.45, 7) is 0.447. The van der Waals surface area contributed by atoms with Gasteiger partial charge in [-0.1, -0.05) is 11.6 Å². The number of halogens is 1. The molecule has 116 valence electrons. The van der Waals surface area contributed by atoms with Crippen LogP contribution >= 0.6 is 34.7 Å². The van der Waals surface area contributed by atoms with Crippen molar-refractivity contribution in [1.29, 1.82) is 0 Å². The van der Waals surface area contributed by atoms with Crippen molar-refractivity contribution in [2.45, 2.75) is 11.8 Å². The second-order valence-corrected chi connectivity index (χ2v) is 7.54. The number of carboxylic acids is 1. The van der Waals surface area contributed by atoms with E-state index in [0.717, 1.165) is 15.0 Å². The van der Waals surface area contributed by atoms with Gasteiger partial charge in [0, 0.05) is 17.7 Å². The molecule has 8 heteroatoms. The van der Waals surface area contributed by atoms with Crippen molar-refractivity contribution in [3.63, 3.8) is 0 Å². The highest BCUT2D eigenvalue weighted by Crippen LogP contribution is 2.26. The Morgan fingerprint density at radius 3 is 2.90 bits per heavy atom. The molecule has 1 N–H and O–H groups in total. The summed E-state index contributed by atoms with van der Waals surface area (Å²) in [5, 5.41) is 9.11. The molecule has 0 spiro atoms. The van der Waals surface area contributed by atoms with Gasteiger partial charge in [-0.3, -0.25) is 9.59 Å². The van der Waals surface area contributed by atoms with E-state index in [1.54, 1.807) is 7.05 Å². The van der Waals surface area contributed by atoms with Crippen LogP contribution in [-0.2, 0) is 20.1 Å². The predicted molar refractivity (Wildman–Crippen MR) is 84.0 cm³/mol. The zero-order chi connectivity index (χ0) is 15.4. The molecule has 1 aliphatic rings. The van der Waals surface area contributed by atoms with Gasteiger partial charge < -0.3 is 14.7 Å². The van der Waals surface area contributed by atoms with Gasteiger partial charge in [-0.2, -0.15) is 0 Å². The lowest BCUT2D eigenvalue weighted by molar-refractivity contribution is -0.144. The van der Waals surface area contributed by atoms with Crippen LogP contribution in [0.1, 0.15) is 4.88 Å². The van der Waals surface area contributed by atoms with E-state index in [1.165, 1.54) is 28.0 Å². The summed E-state index contributed by atoms with van der Waals surface area (Å²) in [7, 11) is 1.64. The van der Waals surface area contributed by atoms with Crippen molar-refractivity contribution in [3.05, 3.63) is 21.3 Å². The number of thiophene rings is 1. The standard InChI is InChI=1S/C13H16ClNO4S2/c1-15(10-5-19-4-9(10)13(17)18)12(16)7-20-6-8-2-3-11(14)21-8/h2-3,9-10H,4-7H2,1H3,(H,17,18). The van der Waals surface area contributed by atoms with Crippen LogP contribution in [0.4, 0.5) is 0 Å². The van der Waals surface area contributed by atoms with E-state index in [2.05, 4.69) is 0 Å². The van der Waals surface area contributed by atoms with Crippen LogP contribution in [0.3, 0.4) is 0 Å². The number of nitrogens with zero attached hydrogens (tertiary/aromatic N) is 1. The molecule has 1 amide bonds. The first-order valence-corrected chi connectivity index (χ1v) is 8.72. The molecular weight excluding hydrogens is 334 g/mol. The van der Waals surface area contributed by atoms with Crippen molar-refractivity contribution in [3.8, 4) is 0 Å². The van der Waals surface area contributed by atoms with E-state index in [9.17, 15) is 9.59 Å². The second kappa shape index (κ2) is 7.49. The minimum Gasteiger partial charge on any atom is -0.481 e. The molecule has 0 bridgehead atoms. The van der Waals surface area contributed by atoms with Gasteiger partial charge in [0.1, 0.15) is 5.92 Å². The third kappa shape index (κ3) is 4.35. The number of aliphatic carboxylic acids is 1. The fraction of sp³-hybridized carbons (Fsp3) is 0.538. The molecule has 2 unspecified atom stereocenters. The Labute approximate surface area is 136 Å². The number of carbonyl (C=O) groups is 2. The SMILES string of the molecule is CN(C(=O)CSCc1ccc(Cl)s1)C1COCC1C(=O)O. The van der Waals surface area contributed by atoms with E-state index in [4.69, 9.17) is 21.4 Å². The molecule has 1 aromatic heterocycles. The maximum Gasteiger partial charge on any atom is 0.311 e. The van der Waals surface area contributed by atoms with Gasteiger partial charge in [-0.25, -0.2) is 0 Å². The number of carbonyl (C=O) groups excluding carboxylic acids is 1. The first-order chi connectivity index (χ1) is 9.99. The molecule has 0 aliphatic carbocycles. The molecule has 0 aromatic carbocycles. The zero-order valence-electron chi connectivity index (χ0n) is 11.5. The molecule has 5 nitrogen and oxygen atoms in total. The maximum absolute atomic E-state index is 12.1. The van der Waals surface area contributed by atoms with Crippen molar-refractivity contribution < 1.29 is 19.4 Å². The summed E-state index contributed by atoms with van der Waals surface area (Å²) in [5.41, 5.74) is 0. The molecule has 0 radical (unpaired) electrons. The van der Waals surface area contributed by atoms with Crippen LogP contribution < -0.4 is 0 Å². The highest BCUT2D eigenvalue weighted by atomic mass is 35.5. The summed E-state index contributed by atoms with van der Waals surface area (Å²) in [5.74, 6) is -0.600. The second-order valence-electron chi connectivity index (χ2n) is 4.75. The zero-order valence-corrected chi connectivity index (χ0v) is 13.8. The highest BCUT2D eigenvalue weighted by Gasteiger charge is 2.38. The number of carboxylic acid groups (broad SMARTS) is 1. The van der Waals surface area contributed by atoms with Gasteiger partial charge >= 0.3 is 5.97 Å². The molecule has 0 saturated carbocycles. The lowest BCUT2D eigenvalue weighted by atomic mass is 10.0. The summed E-state index contributed by atoms with van der Waals surface area (Å²) in [4.78, 5) is 25.9. The van der Waals surface area contributed by atoms with Crippen molar-refractivity contribution in [2.75, 3.05) is 26.0 Å². The van der Waals surface area contributed by atoms with Crippen molar-refractivity contribution in [1.82, 2.24) is 4.90 Å². The number of hydrogen-bond acceptors (Lipinski definition) is 5. The molecule has 21 heavy (non-hydrogen) atoms. The summed E-state index contributed by atoms with van der Waals surface area (Å²) in [6, 6.07) is 3.40. The third-order valence-corrected chi connectivity index (χ3v) is 5.74. The van der Waals surface area contributed by atoms with Crippen LogP contribution in [-0.4, -0.2) is 53.9 Å². The molecule has 1 aromatic rings. The molecule has 2 rings (SSSR count). The van der Waals surface area contributed by atoms with Gasteiger partial charge in [0.2, 0.25) is 5.91 Å². The largest absolute Gasteiger partial charge is 0.481 e. The Morgan fingerprint density at radius 1 is 1.52 bits per heavy atom. The maximum atomic E-state index is 12.1. The Hall–Kier alpha value is -0.760. The van der Waals surface area contributed by atoms with Gasteiger partial charge in [-0.15, -0.1) is 23.1 Å². The molecule has 1 fully saturated rings. The first kappa shape index (κ1) is 16.6. The number of likely N-dealkylation sites (N-methyl/N-ethyl adjacent to an activating group) is 1. The molecule has 2 atom stereocenters. The Kier molecular flexibility index (Phi) is 5.92. The lowest BCUT2D eigenvalue weighted by Crippen LogP contribution is -2.44. The van der Waals surface area contributed by atoms with Crippen LogP contribution in [0.15, 0.2) is 12.1 Å². The summed E-state index contributed by atoms with van der Waals surface area (Å²) >= 11 is 8.84. The van der Waals surface area contributed by atoms with Gasteiger partial charge in [-0.05, 0) is 12.1 Å². The van der Waals surface area contributed by atoms with Gasteiger partial charge in [0.25, 0.3) is 0 Å². The number of thioether (sulfide) groups is 1. The minimum absolute atomic E-state index is 0.0793. The van der Waals surface area contributed by atoms with E-state index in [1.807, 2.05) is 12.1 Å². The summed E-state index contributed by atoms with van der Waals surface area (Å²) in [6.07, 6.45) is 0. The molecule has 1 saturated heterocycles. The quantitative estimate of drug-likeness (QED) is 0.852. The highest BCUT2D eigenvalue weighted by molar-refractivity contribution is 7.99. The number of hydrogen-bond donors (Lipinski definition) is 1. The topological polar surface area (TPSA) is 66.8 Å². The average molecular weight is 350 g/mol. The first-order valence-electron chi connectivity index (χ1n) is 6.37. The Balaban J connectivity index is 1.81. The monoisotopic (exact) mass is 349 g/mol. The lowest BCUT2D eigenvalue weighted by Gasteiger charge is -2.26. The van der Waals surface area contributed by atoms with E-state index >= 15 is 0 Å². The predicted octanol–water partition coefficient (Wildman–Crippen LogP) is 2.19. The van der Waals surface area contributed by atoms with E-state index in [-0.39, 0.29) is 25.2 Å². The Morgan fingerprint density at radius 2 is 2.29 bits per heavy atom. The number of ether oxygens (including phenoxy) is 1. The Bertz CT molecular complexity index is 522. The number of rotatable bonds is 6. The molecular formula is C13H16ClNO4S2. The van der Waals surface area contributed by atoms with Crippen molar-refractivity contribution >= 4 is 46.6 Å². The van der Waals surface area contributed by atoms with Crippen LogP contribution in [0.2, 0.25) is 4.34 Å². The van der Waals surface area contributed by atoms with Gasteiger partial charge in [0.05, 0.1) is 29.3 Å². The van der Waals surface area contributed by atoms with Crippen LogP contribution in [0.25, 0.3) is 0 Å². The third-order valence-electron chi connectivity index (χ3n) is 3.36. The van der Waals surface area contributed by atoms with Crippen LogP contribution in [0, 0.1) is 5.92 Å². The van der Waals surface area contributed by atoms with E-state index < -0.39 is 11.9 Å². The van der Waals surface area contributed by atoms with Crippen LogP contribution in [0.5, 0.6) is 0 Å². The minimum atomic E-state index is -0.918. The van der Waals surface area contributed by atoms with Crippen molar-refractivity contribution in [2.24, 2.45) is 5.92 Å². The smallest absolute Gasteiger partial charge is 0.311 e. The molecule has 1 aliphatic heterocycles. The van der Waals surface area contributed by atoms with Gasteiger partial charge in [0.15, 0.2) is 0 Å². The fourth-order valence-corrected chi connectivity index (χ4v) is 4.26. The fourth-order valence-electron chi connectivity index (χ4n) is 2.12. The summed E-state index contributed by atoms with van der Waals surface area (Å²) < 4.78 is 5.92. The molecule has 2 heterocycles. The normalized spacial score (nSPS) is 21.4. The average Bonchev–Trinajstić information content (AvgIpc) is 3.06. The number of amides is 1.